The molecule has 3 amide bonds. The number of carbonyl (C=O) groups excluding carboxylic acids is 3. The van der Waals surface area contributed by atoms with E-state index >= 15 is 0 Å². The smallest absolute Gasteiger partial charge is 0.272 e. The first kappa shape index (κ1) is 31.5. The summed E-state index contributed by atoms with van der Waals surface area (Å²) in [6, 6.07) is 25.3. The number of thioether (sulfide) groups is 1. The van der Waals surface area contributed by atoms with Crippen molar-refractivity contribution in [2.45, 2.75) is 17.1 Å². The van der Waals surface area contributed by atoms with Crippen molar-refractivity contribution >= 4 is 93.3 Å². The van der Waals surface area contributed by atoms with Crippen LogP contribution in [-0.2, 0) is 9.59 Å². The maximum atomic E-state index is 13.4. The lowest BCUT2D eigenvalue weighted by molar-refractivity contribution is -0.115. The van der Waals surface area contributed by atoms with E-state index in [0.29, 0.717) is 42.6 Å². The Hall–Kier alpha value is -3.46. The second-order valence-electron chi connectivity index (χ2n) is 8.87. The summed E-state index contributed by atoms with van der Waals surface area (Å²) in [5, 5.41) is 9.16. The number of benzene rings is 4. The molecule has 1 atom stereocenters. The minimum absolute atomic E-state index is 0.0636. The SMILES string of the molecule is CC(Sc1cccc(NC(=O)/C(=C\c2c(Cl)cccc2Cl)NC(=O)c2ccccc2)c1)C(=O)Nc1ccc(Cl)c(Cl)c1. The van der Waals surface area contributed by atoms with E-state index in [1.165, 1.54) is 17.8 Å². The van der Waals surface area contributed by atoms with E-state index in [1.54, 1.807) is 91.9 Å². The minimum Gasteiger partial charge on any atom is -0.325 e. The van der Waals surface area contributed by atoms with Crippen molar-refractivity contribution < 1.29 is 14.4 Å². The van der Waals surface area contributed by atoms with Crippen molar-refractivity contribution in [1.82, 2.24) is 5.32 Å². The van der Waals surface area contributed by atoms with E-state index in [4.69, 9.17) is 46.4 Å². The Morgan fingerprint density at radius 2 is 1.38 bits per heavy atom. The van der Waals surface area contributed by atoms with Gasteiger partial charge in [-0.2, -0.15) is 0 Å². The highest BCUT2D eigenvalue weighted by molar-refractivity contribution is 8.00. The van der Waals surface area contributed by atoms with Gasteiger partial charge in [0.25, 0.3) is 11.8 Å². The maximum Gasteiger partial charge on any atom is 0.272 e. The van der Waals surface area contributed by atoms with Crippen molar-refractivity contribution in [3.05, 3.63) is 128 Å². The van der Waals surface area contributed by atoms with Crippen LogP contribution < -0.4 is 16.0 Å². The van der Waals surface area contributed by atoms with Crippen molar-refractivity contribution in [3.63, 3.8) is 0 Å². The zero-order valence-electron chi connectivity index (χ0n) is 22.0. The van der Waals surface area contributed by atoms with Crippen LogP contribution in [0.25, 0.3) is 6.08 Å². The summed E-state index contributed by atoms with van der Waals surface area (Å²) in [5.41, 5.74) is 1.66. The van der Waals surface area contributed by atoms with Gasteiger partial charge in [0.1, 0.15) is 5.70 Å². The van der Waals surface area contributed by atoms with Crippen LogP contribution in [0.1, 0.15) is 22.8 Å². The van der Waals surface area contributed by atoms with E-state index in [1.807, 2.05) is 6.07 Å². The van der Waals surface area contributed by atoms with E-state index < -0.39 is 17.1 Å². The van der Waals surface area contributed by atoms with E-state index in [9.17, 15) is 14.4 Å². The zero-order chi connectivity index (χ0) is 30.2. The minimum atomic E-state index is -0.595. The van der Waals surface area contributed by atoms with Gasteiger partial charge in [0.05, 0.1) is 15.3 Å². The van der Waals surface area contributed by atoms with Crippen molar-refractivity contribution in [1.29, 1.82) is 0 Å². The first-order valence-corrected chi connectivity index (χ1v) is 14.9. The third-order valence-electron chi connectivity index (χ3n) is 5.78. The summed E-state index contributed by atoms with van der Waals surface area (Å²) < 4.78 is 0. The zero-order valence-corrected chi connectivity index (χ0v) is 25.8. The Kier molecular flexibility index (Phi) is 11.0. The van der Waals surface area contributed by atoms with E-state index in [0.717, 1.165) is 4.90 Å². The molecule has 42 heavy (non-hydrogen) atoms. The molecule has 6 nitrogen and oxygen atoms in total. The molecule has 0 fully saturated rings. The topological polar surface area (TPSA) is 87.3 Å². The molecule has 0 radical (unpaired) electrons. The number of anilines is 2. The standard InChI is InChI=1S/C31H23Cl4N3O3S/c1-18(29(39)36-21-13-14-26(34)27(35)16-21)42-22-10-5-9-20(15-22)37-31(41)28(17-23-24(32)11-6-12-25(23)33)38-30(40)19-7-3-2-4-8-19/h2-18H,1H3,(H,36,39)(H,37,41)(H,38,40)/b28-17+. The second-order valence-corrected chi connectivity index (χ2v) is 11.9. The molecule has 0 aliphatic carbocycles. The molecule has 0 spiro atoms. The van der Waals surface area contributed by atoms with Crippen LogP contribution in [-0.4, -0.2) is 23.0 Å². The lowest BCUT2D eigenvalue weighted by atomic mass is 10.1. The third kappa shape index (κ3) is 8.53. The molecule has 0 aliphatic rings. The van der Waals surface area contributed by atoms with Crippen LogP contribution in [0.2, 0.25) is 20.1 Å². The van der Waals surface area contributed by atoms with E-state index in [2.05, 4.69) is 16.0 Å². The van der Waals surface area contributed by atoms with Gasteiger partial charge in [-0.1, -0.05) is 76.7 Å². The lowest BCUT2D eigenvalue weighted by Gasteiger charge is -2.14. The molecule has 4 aromatic carbocycles. The van der Waals surface area contributed by atoms with Crippen molar-refractivity contribution in [2.75, 3.05) is 10.6 Å². The molecule has 214 valence electrons. The van der Waals surface area contributed by atoms with Crippen molar-refractivity contribution in [2.24, 2.45) is 0 Å². The first-order valence-electron chi connectivity index (χ1n) is 12.5. The molecule has 1 unspecified atom stereocenters. The quantitative estimate of drug-likeness (QED) is 0.124. The Balaban J connectivity index is 1.51. The molecule has 0 bridgehead atoms. The van der Waals surface area contributed by atoms with Gasteiger partial charge in [0, 0.05) is 37.4 Å². The molecule has 0 saturated carbocycles. The lowest BCUT2D eigenvalue weighted by Crippen LogP contribution is -2.30. The van der Waals surface area contributed by atoms with Crippen LogP contribution in [0, 0.1) is 0 Å². The Morgan fingerprint density at radius 3 is 2.07 bits per heavy atom. The Morgan fingerprint density at radius 1 is 0.714 bits per heavy atom. The number of rotatable bonds is 9. The van der Waals surface area contributed by atoms with Gasteiger partial charge in [-0.3, -0.25) is 14.4 Å². The highest BCUT2D eigenvalue weighted by atomic mass is 35.5. The first-order chi connectivity index (χ1) is 20.1. The van der Waals surface area contributed by atoms with Crippen LogP contribution in [0.4, 0.5) is 11.4 Å². The monoisotopic (exact) mass is 657 g/mol. The summed E-state index contributed by atoms with van der Waals surface area (Å²) in [6.07, 6.45) is 1.43. The number of hydrogen-bond donors (Lipinski definition) is 3. The molecule has 0 heterocycles. The number of halogens is 4. The summed E-state index contributed by atoms with van der Waals surface area (Å²) in [7, 11) is 0. The van der Waals surface area contributed by atoms with Crippen LogP contribution in [0.3, 0.4) is 0 Å². The van der Waals surface area contributed by atoms with Crippen LogP contribution >= 0.6 is 58.2 Å². The summed E-state index contributed by atoms with van der Waals surface area (Å²) in [4.78, 5) is 39.9. The molecule has 4 aromatic rings. The predicted octanol–water partition coefficient (Wildman–Crippen LogP) is 8.83. The van der Waals surface area contributed by atoms with Gasteiger partial charge >= 0.3 is 0 Å². The fraction of sp³-hybridized carbons (Fsp3) is 0.0645. The second kappa shape index (κ2) is 14.6. The molecule has 3 N–H and O–H groups in total. The molecule has 0 saturated heterocycles. The van der Waals surface area contributed by atoms with Crippen LogP contribution in [0.15, 0.2) is 102 Å². The Bertz CT molecular complexity index is 1640. The van der Waals surface area contributed by atoms with Gasteiger partial charge in [0.15, 0.2) is 0 Å². The highest BCUT2D eigenvalue weighted by Gasteiger charge is 2.18. The fourth-order valence-electron chi connectivity index (χ4n) is 3.66. The largest absolute Gasteiger partial charge is 0.325 e. The average molecular weight is 659 g/mol. The number of nitrogens with one attached hydrogen (secondary N) is 3. The molecule has 0 aromatic heterocycles. The van der Waals surface area contributed by atoms with Crippen molar-refractivity contribution in [3.8, 4) is 0 Å². The van der Waals surface area contributed by atoms with Crippen LogP contribution in [0.5, 0.6) is 0 Å². The van der Waals surface area contributed by atoms with Gasteiger partial charge in [-0.15, -0.1) is 11.8 Å². The summed E-state index contributed by atoms with van der Waals surface area (Å²) in [5.74, 6) is -1.31. The maximum absolute atomic E-state index is 13.4. The molecular weight excluding hydrogens is 636 g/mol. The van der Waals surface area contributed by atoms with Gasteiger partial charge in [-0.05, 0) is 73.7 Å². The van der Waals surface area contributed by atoms with Gasteiger partial charge in [-0.25, -0.2) is 0 Å². The third-order valence-corrected chi connectivity index (χ3v) is 8.27. The Labute approximate surface area is 267 Å². The fourth-order valence-corrected chi connectivity index (χ4v) is 5.39. The van der Waals surface area contributed by atoms with Gasteiger partial charge < -0.3 is 16.0 Å². The predicted molar refractivity (Wildman–Crippen MR) is 174 cm³/mol. The average Bonchev–Trinajstić information content (AvgIpc) is 2.97. The molecule has 4 rings (SSSR count). The number of carbonyl (C=O) groups is 3. The van der Waals surface area contributed by atoms with Gasteiger partial charge in [0.2, 0.25) is 5.91 Å². The summed E-state index contributed by atoms with van der Waals surface area (Å²) >= 11 is 26.0. The number of hydrogen-bond acceptors (Lipinski definition) is 4. The molecular formula is C31H23Cl4N3O3S. The summed E-state index contributed by atoms with van der Waals surface area (Å²) in [6.45, 7) is 1.76. The number of amides is 3. The molecule has 11 heteroatoms. The van der Waals surface area contributed by atoms with E-state index in [-0.39, 0.29) is 11.6 Å². The highest BCUT2D eigenvalue weighted by Crippen LogP contribution is 2.30. The normalized spacial score (nSPS) is 11.9. The molecule has 0 aliphatic heterocycles.